The number of para-hydroxylation sites is 1. The highest BCUT2D eigenvalue weighted by Crippen LogP contribution is 2.23. The molecule has 1 rings (SSSR count). The van der Waals surface area contributed by atoms with E-state index in [1.165, 1.54) is 12.1 Å². The second kappa shape index (κ2) is 9.98. The number of unbranched alkanes of at least 4 members (excludes halogenated alkanes) is 3. The van der Waals surface area contributed by atoms with Crippen LogP contribution >= 0.6 is 0 Å². The molecular weight excluding hydrogens is 280 g/mol. The van der Waals surface area contributed by atoms with Crippen molar-refractivity contribution in [3.05, 3.63) is 29.8 Å². The molecule has 4 heteroatoms. The van der Waals surface area contributed by atoms with Crippen LogP contribution in [-0.2, 0) is 4.79 Å². The monoisotopic (exact) mass is 306 g/mol. The standard InChI is InChI=1S/C18H26O4/c1-3-5-7-11-14(10-6-4-2)18(21)22-16-13-9-8-12-15(16)17(19)20/h8-9,12-14H,3-7,10-11H2,1-2H3,(H,19,20). The highest BCUT2D eigenvalue weighted by Gasteiger charge is 2.22. The minimum Gasteiger partial charge on any atom is -0.478 e. The lowest BCUT2D eigenvalue weighted by atomic mass is 9.95. The lowest BCUT2D eigenvalue weighted by Gasteiger charge is -2.16. The van der Waals surface area contributed by atoms with Gasteiger partial charge in [-0.1, -0.05) is 58.1 Å². The summed E-state index contributed by atoms with van der Waals surface area (Å²) in [5, 5.41) is 9.14. The normalized spacial score (nSPS) is 11.9. The molecule has 0 amide bonds. The van der Waals surface area contributed by atoms with Crippen LogP contribution < -0.4 is 4.74 Å². The number of aromatic carboxylic acids is 1. The van der Waals surface area contributed by atoms with Gasteiger partial charge < -0.3 is 9.84 Å². The molecule has 0 heterocycles. The zero-order valence-electron chi connectivity index (χ0n) is 13.5. The first-order chi connectivity index (χ1) is 10.6. The molecule has 0 aliphatic heterocycles. The fourth-order valence-corrected chi connectivity index (χ4v) is 2.40. The lowest BCUT2D eigenvalue weighted by molar-refractivity contribution is -0.139. The zero-order valence-corrected chi connectivity index (χ0v) is 13.5. The fourth-order valence-electron chi connectivity index (χ4n) is 2.40. The van der Waals surface area contributed by atoms with Crippen molar-refractivity contribution >= 4 is 11.9 Å². The second-order valence-corrected chi connectivity index (χ2v) is 5.56. The summed E-state index contributed by atoms with van der Waals surface area (Å²) >= 11 is 0. The van der Waals surface area contributed by atoms with Crippen LogP contribution in [0.1, 0.15) is 69.2 Å². The average Bonchev–Trinajstić information content (AvgIpc) is 2.51. The van der Waals surface area contributed by atoms with Crippen molar-refractivity contribution in [3.8, 4) is 5.75 Å². The van der Waals surface area contributed by atoms with Gasteiger partial charge >= 0.3 is 11.9 Å². The number of hydrogen-bond acceptors (Lipinski definition) is 3. The molecule has 0 aliphatic rings. The van der Waals surface area contributed by atoms with Gasteiger partial charge in [0.05, 0.1) is 5.92 Å². The number of carboxylic acid groups (broad SMARTS) is 1. The Hall–Kier alpha value is -1.84. The molecule has 0 aromatic heterocycles. The molecule has 122 valence electrons. The Balaban J connectivity index is 2.74. The van der Waals surface area contributed by atoms with E-state index in [2.05, 4.69) is 13.8 Å². The summed E-state index contributed by atoms with van der Waals surface area (Å²) in [4.78, 5) is 23.5. The summed E-state index contributed by atoms with van der Waals surface area (Å²) in [7, 11) is 0. The summed E-state index contributed by atoms with van der Waals surface area (Å²) < 4.78 is 5.38. The number of ether oxygens (including phenoxy) is 1. The van der Waals surface area contributed by atoms with Crippen LogP contribution in [0, 0.1) is 5.92 Å². The van der Waals surface area contributed by atoms with Gasteiger partial charge in [0.1, 0.15) is 11.3 Å². The maximum Gasteiger partial charge on any atom is 0.339 e. The summed E-state index contributed by atoms with van der Waals surface area (Å²) in [6, 6.07) is 6.27. The highest BCUT2D eigenvalue weighted by molar-refractivity contribution is 5.92. The molecule has 0 radical (unpaired) electrons. The maximum absolute atomic E-state index is 12.4. The smallest absolute Gasteiger partial charge is 0.339 e. The Kier molecular flexibility index (Phi) is 8.26. The van der Waals surface area contributed by atoms with Crippen LogP contribution in [0.4, 0.5) is 0 Å². The first-order valence-corrected chi connectivity index (χ1v) is 8.14. The van der Waals surface area contributed by atoms with Gasteiger partial charge in [0.25, 0.3) is 0 Å². The predicted octanol–water partition coefficient (Wildman–Crippen LogP) is 4.68. The molecule has 1 N–H and O–H groups in total. The molecule has 22 heavy (non-hydrogen) atoms. The van der Waals surface area contributed by atoms with Crippen molar-refractivity contribution in [1.29, 1.82) is 0 Å². The molecule has 0 aliphatic carbocycles. The first-order valence-electron chi connectivity index (χ1n) is 8.14. The number of carboxylic acids is 1. The van der Waals surface area contributed by atoms with Gasteiger partial charge in [0.15, 0.2) is 0 Å². The number of esters is 1. The molecule has 1 aromatic carbocycles. The van der Waals surface area contributed by atoms with Gasteiger partial charge in [-0.15, -0.1) is 0 Å². The van der Waals surface area contributed by atoms with Crippen molar-refractivity contribution in [2.75, 3.05) is 0 Å². The minimum absolute atomic E-state index is 0.0265. The molecule has 0 bridgehead atoms. The largest absolute Gasteiger partial charge is 0.478 e. The third kappa shape index (κ3) is 5.88. The zero-order chi connectivity index (χ0) is 16.4. The summed E-state index contributed by atoms with van der Waals surface area (Å²) in [5.74, 6) is -1.40. The molecule has 1 unspecified atom stereocenters. The van der Waals surface area contributed by atoms with Crippen molar-refractivity contribution in [2.45, 2.75) is 58.8 Å². The Morgan fingerprint density at radius 1 is 1.05 bits per heavy atom. The first kappa shape index (κ1) is 18.2. The number of carbonyl (C=O) groups is 2. The summed E-state index contributed by atoms with van der Waals surface area (Å²) in [6.45, 7) is 4.22. The van der Waals surface area contributed by atoms with Crippen molar-refractivity contribution in [2.24, 2.45) is 5.92 Å². The van der Waals surface area contributed by atoms with Gasteiger partial charge in [0.2, 0.25) is 0 Å². The van der Waals surface area contributed by atoms with Gasteiger partial charge in [-0.25, -0.2) is 4.79 Å². The van der Waals surface area contributed by atoms with Crippen LogP contribution in [0.2, 0.25) is 0 Å². The molecular formula is C18H26O4. The van der Waals surface area contributed by atoms with Crippen molar-refractivity contribution in [3.63, 3.8) is 0 Å². The van der Waals surface area contributed by atoms with Crippen LogP contribution in [0.3, 0.4) is 0 Å². The van der Waals surface area contributed by atoms with Crippen LogP contribution in [-0.4, -0.2) is 17.0 Å². The van der Waals surface area contributed by atoms with E-state index in [1.54, 1.807) is 12.1 Å². The lowest BCUT2D eigenvalue weighted by Crippen LogP contribution is -2.21. The highest BCUT2D eigenvalue weighted by atomic mass is 16.5. The number of carbonyl (C=O) groups excluding carboxylic acids is 1. The number of rotatable bonds is 10. The van der Waals surface area contributed by atoms with Crippen LogP contribution in [0.25, 0.3) is 0 Å². The van der Waals surface area contributed by atoms with Crippen LogP contribution in [0.5, 0.6) is 5.75 Å². The van der Waals surface area contributed by atoms with E-state index in [9.17, 15) is 9.59 Å². The predicted molar refractivity (Wildman–Crippen MR) is 86.2 cm³/mol. The second-order valence-electron chi connectivity index (χ2n) is 5.56. The van der Waals surface area contributed by atoms with Gasteiger partial charge in [-0.05, 0) is 25.0 Å². The molecule has 1 atom stereocenters. The summed E-state index contributed by atoms with van der Waals surface area (Å²) in [6.07, 6.45) is 6.82. The van der Waals surface area contributed by atoms with E-state index in [4.69, 9.17) is 9.84 Å². The Morgan fingerprint density at radius 3 is 2.32 bits per heavy atom. The molecule has 1 aromatic rings. The quantitative estimate of drug-likeness (QED) is 0.387. The van der Waals surface area contributed by atoms with E-state index in [-0.39, 0.29) is 23.2 Å². The van der Waals surface area contributed by atoms with Crippen molar-refractivity contribution in [1.82, 2.24) is 0 Å². The SMILES string of the molecule is CCCCCC(CCCC)C(=O)Oc1ccccc1C(=O)O. The molecule has 0 saturated carbocycles. The minimum atomic E-state index is -1.08. The van der Waals surface area contributed by atoms with E-state index in [0.717, 1.165) is 44.9 Å². The topological polar surface area (TPSA) is 63.6 Å². The number of hydrogen-bond donors (Lipinski definition) is 1. The van der Waals surface area contributed by atoms with Gasteiger partial charge in [-0.2, -0.15) is 0 Å². The van der Waals surface area contributed by atoms with E-state index in [0.29, 0.717) is 0 Å². The van der Waals surface area contributed by atoms with E-state index >= 15 is 0 Å². The Morgan fingerprint density at radius 2 is 1.68 bits per heavy atom. The van der Waals surface area contributed by atoms with E-state index in [1.807, 2.05) is 0 Å². The average molecular weight is 306 g/mol. The van der Waals surface area contributed by atoms with E-state index < -0.39 is 5.97 Å². The fraction of sp³-hybridized carbons (Fsp3) is 0.556. The van der Waals surface area contributed by atoms with Gasteiger partial charge in [0, 0.05) is 0 Å². The van der Waals surface area contributed by atoms with Crippen molar-refractivity contribution < 1.29 is 19.4 Å². The molecule has 0 saturated heterocycles. The third-order valence-electron chi connectivity index (χ3n) is 3.72. The third-order valence-corrected chi connectivity index (χ3v) is 3.72. The molecule has 0 fully saturated rings. The van der Waals surface area contributed by atoms with Crippen LogP contribution in [0.15, 0.2) is 24.3 Å². The summed E-state index contributed by atoms with van der Waals surface area (Å²) in [5.41, 5.74) is 0.0265. The maximum atomic E-state index is 12.4. The molecule has 0 spiro atoms. The Bertz CT molecular complexity index is 482. The number of benzene rings is 1. The molecule has 4 nitrogen and oxygen atoms in total. The Labute approximate surface area is 132 Å². The van der Waals surface area contributed by atoms with Gasteiger partial charge in [-0.3, -0.25) is 4.79 Å².